The van der Waals surface area contributed by atoms with E-state index in [9.17, 15) is 9.59 Å². The molecule has 0 bridgehead atoms. The van der Waals surface area contributed by atoms with E-state index in [1.54, 1.807) is 24.3 Å². The number of carbonyl (C=O) groups excluding carboxylic acids is 1. The van der Waals surface area contributed by atoms with Gasteiger partial charge in [0, 0.05) is 31.0 Å². The molecule has 1 saturated heterocycles. The molecular weight excluding hydrogens is 308 g/mol. The molecule has 1 fully saturated rings. The maximum Gasteiger partial charge on any atom is 0.308 e. The van der Waals surface area contributed by atoms with Crippen LogP contribution in [0.4, 0.5) is 0 Å². The topological polar surface area (TPSA) is 79.7 Å². The number of ether oxygens (including phenoxy) is 1. The summed E-state index contributed by atoms with van der Waals surface area (Å²) in [5.41, 5.74) is 2.23. The third-order valence-electron chi connectivity index (χ3n) is 4.23. The molecule has 1 aromatic heterocycles. The summed E-state index contributed by atoms with van der Waals surface area (Å²) in [7, 11) is 1.61. The number of carbonyl (C=O) groups is 2. The van der Waals surface area contributed by atoms with Crippen LogP contribution >= 0.6 is 0 Å². The molecular formula is C18H18N2O4. The smallest absolute Gasteiger partial charge is 0.308 e. The number of rotatable bonds is 4. The van der Waals surface area contributed by atoms with Crippen LogP contribution in [-0.2, 0) is 4.79 Å². The lowest BCUT2D eigenvalue weighted by atomic mass is 10.1. The average molecular weight is 326 g/mol. The molecule has 1 N–H and O–H groups in total. The van der Waals surface area contributed by atoms with Crippen molar-refractivity contribution in [2.75, 3.05) is 20.2 Å². The Labute approximate surface area is 139 Å². The maximum atomic E-state index is 12.6. The van der Waals surface area contributed by atoms with E-state index in [-0.39, 0.29) is 12.5 Å². The summed E-state index contributed by atoms with van der Waals surface area (Å²) in [6, 6.07) is 9.29. The largest absolute Gasteiger partial charge is 0.497 e. The number of hydrogen-bond acceptors (Lipinski definition) is 4. The number of amides is 1. The first kappa shape index (κ1) is 16.0. The molecule has 1 atom stereocenters. The van der Waals surface area contributed by atoms with E-state index in [2.05, 4.69) is 4.98 Å². The zero-order chi connectivity index (χ0) is 17.1. The van der Waals surface area contributed by atoms with E-state index in [1.807, 2.05) is 24.3 Å². The summed E-state index contributed by atoms with van der Waals surface area (Å²) < 4.78 is 5.14. The van der Waals surface area contributed by atoms with Gasteiger partial charge >= 0.3 is 5.97 Å². The van der Waals surface area contributed by atoms with Gasteiger partial charge in [-0.15, -0.1) is 0 Å². The minimum atomic E-state index is -0.851. The molecule has 124 valence electrons. The molecule has 2 heterocycles. The summed E-state index contributed by atoms with van der Waals surface area (Å²) in [5.74, 6) is -0.751. The van der Waals surface area contributed by atoms with Crippen molar-refractivity contribution in [3.8, 4) is 16.9 Å². The van der Waals surface area contributed by atoms with Gasteiger partial charge < -0.3 is 14.7 Å². The second-order valence-electron chi connectivity index (χ2n) is 5.77. The maximum absolute atomic E-state index is 12.6. The molecule has 0 radical (unpaired) electrons. The highest BCUT2D eigenvalue weighted by Crippen LogP contribution is 2.24. The van der Waals surface area contributed by atoms with Gasteiger partial charge in [0.1, 0.15) is 5.75 Å². The second-order valence-corrected chi connectivity index (χ2v) is 5.77. The van der Waals surface area contributed by atoms with Gasteiger partial charge in [-0.25, -0.2) is 0 Å². The first-order valence-electron chi connectivity index (χ1n) is 7.70. The second kappa shape index (κ2) is 6.70. The number of pyridine rings is 1. The van der Waals surface area contributed by atoms with Gasteiger partial charge in [0.05, 0.1) is 18.6 Å². The van der Waals surface area contributed by atoms with Gasteiger partial charge in [0.15, 0.2) is 0 Å². The number of methoxy groups -OCH3 is 1. The lowest BCUT2D eigenvalue weighted by Crippen LogP contribution is -2.30. The van der Waals surface area contributed by atoms with Gasteiger partial charge in [-0.1, -0.05) is 12.1 Å². The Morgan fingerprint density at radius 2 is 1.96 bits per heavy atom. The fourth-order valence-electron chi connectivity index (χ4n) is 2.83. The quantitative estimate of drug-likeness (QED) is 0.932. The van der Waals surface area contributed by atoms with Crippen molar-refractivity contribution in [1.82, 2.24) is 9.88 Å². The van der Waals surface area contributed by atoms with E-state index in [4.69, 9.17) is 9.84 Å². The molecule has 24 heavy (non-hydrogen) atoms. The van der Waals surface area contributed by atoms with Crippen LogP contribution in [0.15, 0.2) is 42.7 Å². The van der Waals surface area contributed by atoms with Crippen molar-refractivity contribution >= 4 is 11.9 Å². The molecule has 2 aromatic rings. The number of hydrogen-bond donors (Lipinski definition) is 1. The summed E-state index contributed by atoms with van der Waals surface area (Å²) in [4.78, 5) is 29.3. The van der Waals surface area contributed by atoms with Crippen LogP contribution < -0.4 is 4.74 Å². The number of benzene rings is 1. The molecule has 0 spiro atoms. The van der Waals surface area contributed by atoms with Crippen molar-refractivity contribution in [3.05, 3.63) is 48.3 Å². The Hall–Kier alpha value is -2.89. The molecule has 1 aliphatic rings. The average Bonchev–Trinajstić information content (AvgIpc) is 3.12. The van der Waals surface area contributed by atoms with Crippen LogP contribution in [0.3, 0.4) is 0 Å². The van der Waals surface area contributed by atoms with Crippen molar-refractivity contribution in [2.45, 2.75) is 6.42 Å². The zero-order valence-electron chi connectivity index (χ0n) is 13.3. The van der Waals surface area contributed by atoms with Crippen LogP contribution in [0.5, 0.6) is 5.75 Å². The van der Waals surface area contributed by atoms with E-state index < -0.39 is 11.9 Å². The first-order valence-corrected chi connectivity index (χ1v) is 7.70. The highest BCUT2D eigenvalue weighted by atomic mass is 16.5. The summed E-state index contributed by atoms with van der Waals surface area (Å²) in [5, 5.41) is 9.06. The van der Waals surface area contributed by atoms with Crippen molar-refractivity contribution in [1.29, 1.82) is 0 Å². The highest BCUT2D eigenvalue weighted by molar-refractivity contribution is 5.95. The standard InChI is InChI=1S/C18H18N2O4/c1-24-16-4-2-12(3-5-16)14-8-15(10-19-9-14)17(21)20-7-6-13(11-20)18(22)23/h2-5,8-10,13H,6-7,11H2,1H3,(H,22,23). The van der Waals surface area contributed by atoms with Crippen molar-refractivity contribution in [2.24, 2.45) is 5.92 Å². The van der Waals surface area contributed by atoms with Crippen LogP contribution in [-0.4, -0.2) is 47.1 Å². The normalized spacial score (nSPS) is 16.9. The van der Waals surface area contributed by atoms with Crippen molar-refractivity contribution in [3.63, 3.8) is 0 Å². The number of aromatic nitrogens is 1. The summed E-state index contributed by atoms with van der Waals surface area (Å²) in [6.07, 6.45) is 3.71. The predicted octanol–water partition coefficient (Wildman–Crippen LogP) is 2.30. The third kappa shape index (κ3) is 3.22. The highest BCUT2D eigenvalue weighted by Gasteiger charge is 2.31. The Morgan fingerprint density at radius 3 is 2.58 bits per heavy atom. The lowest BCUT2D eigenvalue weighted by Gasteiger charge is -2.16. The Morgan fingerprint density at radius 1 is 1.21 bits per heavy atom. The van der Waals surface area contributed by atoms with E-state index >= 15 is 0 Å². The molecule has 1 unspecified atom stereocenters. The minimum Gasteiger partial charge on any atom is -0.497 e. The molecule has 0 aliphatic carbocycles. The number of carboxylic acid groups (broad SMARTS) is 1. The molecule has 1 amide bonds. The fraction of sp³-hybridized carbons (Fsp3) is 0.278. The predicted molar refractivity (Wildman–Crippen MR) is 87.9 cm³/mol. The minimum absolute atomic E-state index is 0.179. The third-order valence-corrected chi connectivity index (χ3v) is 4.23. The number of carboxylic acids is 1. The molecule has 1 aliphatic heterocycles. The van der Waals surface area contributed by atoms with Gasteiger partial charge in [-0.3, -0.25) is 14.6 Å². The molecule has 6 nitrogen and oxygen atoms in total. The summed E-state index contributed by atoms with van der Waals surface area (Å²) >= 11 is 0. The molecule has 0 saturated carbocycles. The van der Waals surface area contributed by atoms with E-state index in [1.165, 1.54) is 6.20 Å². The van der Waals surface area contributed by atoms with Gasteiger partial charge in [-0.2, -0.15) is 0 Å². The lowest BCUT2D eigenvalue weighted by molar-refractivity contribution is -0.141. The summed E-state index contributed by atoms with van der Waals surface area (Å²) in [6.45, 7) is 0.712. The van der Waals surface area contributed by atoms with Crippen LogP contribution in [0.1, 0.15) is 16.8 Å². The number of likely N-dealkylation sites (tertiary alicyclic amines) is 1. The van der Waals surface area contributed by atoms with Crippen molar-refractivity contribution < 1.29 is 19.4 Å². The van der Waals surface area contributed by atoms with E-state index in [0.29, 0.717) is 18.5 Å². The Bertz CT molecular complexity index is 758. The van der Waals surface area contributed by atoms with Gasteiger partial charge in [0.25, 0.3) is 5.91 Å². The van der Waals surface area contributed by atoms with Crippen LogP contribution in [0.2, 0.25) is 0 Å². The molecule has 6 heteroatoms. The Kier molecular flexibility index (Phi) is 4.46. The fourth-order valence-corrected chi connectivity index (χ4v) is 2.83. The first-order chi connectivity index (χ1) is 11.6. The molecule has 1 aromatic carbocycles. The van der Waals surface area contributed by atoms with Gasteiger partial charge in [0.2, 0.25) is 0 Å². The van der Waals surface area contributed by atoms with Gasteiger partial charge in [-0.05, 0) is 30.2 Å². The number of nitrogens with zero attached hydrogens (tertiary/aromatic N) is 2. The Balaban J connectivity index is 1.79. The van der Waals surface area contributed by atoms with Crippen LogP contribution in [0, 0.1) is 5.92 Å². The monoisotopic (exact) mass is 326 g/mol. The number of aliphatic carboxylic acids is 1. The van der Waals surface area contributed by atoms with Crippen LogP contribution in [0.25, 0.3) is 11.1 Å². The van der Waals surface area contributed by atoms with E-state index in [0.717, 1.165) is 16.9 Å². The zero-order valence-corrected chi connectivity index (χ0v) is 13.3. The SMILES string of the molecule is COc1ccc(-c2cncc(C(=O)N3CCC(C(=O)O)C3)c2)cc1. The molecule has 3 rings (SSSR count).